The van der Waals surface area contributed by atoms with E-state index in [0.717, 1.165) is 24.8 Å². The van der Waals surface area contributed by atoms with Crippen LogP contribution in [-0.4, -0.2) is 55.1 Å². The van der Waals surface area contributed by atoms with E-state index in [1.54, 1.807) is 12.3 Å². The Bertz CT molecular complexity index is 542. The van der Waals surface area contributed by atoms with Crippen molar-refractivity contribution in [2.75, 3.05) is 38.6 Å². The lowest BCUT2D eigenvalue weighted by Gasteiger charge is -2.43. The van der Waals surface area contributed by atoms with Crippen LogP contribution in [0.3, 0.4) is 0 Å². The largest absolute Gasteiger partial charge is 0.363 e. The molecule has 1 aliphatic heterocycles. The van der Waals surface area contributed by atoms with Crippen LogP contribution in [0.25, 0.3) is 0 Å². The number of amides is 1. The summed E-state index contributed by atoms with van der Waals surface area (Å²) in [4.78, 5) is 21.1. The number of nitrogens with zero attached hydrogens (tertiary/aromatic N) is 3. The number of pyridine rings is 1. The van der Waals surface area contributed by atoms with Gasteiger partial charge in [0.05, 0.1) is 0 Å². The Balaban J connectivity index is 1.96. The average molecular weight is 318 g/mol. The molecule has 23 heavy (non-hydrogen) atoms. The van der Waals surface area contributed by atoms with Gasteiger partial charge < -0.3 is 10.2 Å². The highest BCUT2D eigenvalue weighted by Gasteiger charge is 2.30. The first-order valence-corrected chi connectivity index (χ1v) is 8.46. The number of piperidine rings is 1. The number of carbonyl (C=O) groups is 1. The van der Waals surface area contributed by atoms with Crippen LogP contribution in [0, 0.1) is 5.92 Å². The number of nitrogens with one attached hydrogen (secondary N) is 1. The summed E-state index contributed by atoms with van der Waals surface area (Å²) in [6.45, 7) is 9.61. The van der Waals surface area contributed by atoms with E-state index >= 15 is 0 Å². The summed E-state index contributed by atoms with van der Waals surface area (Å²) in [6, 6.07) is 3.59. The van der Waals surface area contributed by atoms with E-state index in [-0.39, 0.29) is 11.4 Å². The van der Waals surface area contributed by atoms with E-state index in [4.69, 9.17) is 0 Å². The second-order valence-corrected chi connectivity index (χ2v) is 7.49. The van der Waals surface area contributed by atoms with Crippen LogP contribution in [-0.2, 0) is 0 Å². The SMILES string of the molecule is CC1CCCN(C(C)(C)CNC(=O)c2ccnc(N(C)C)c2)C1. The molecule has 2 rings (SSSR count). The Morgan fingerprint density at radius 1 is 1.48 bits per heavy atom. The molecule has 0 spiro atoms. The average Bonchev–Trinajstić information content (AvgIpc) is 2.53. The second kappa shape index (κ2) is 7.30. The van der Waals surface area contributed by atoms with Gasteiger partial charge in [-0.25, -0.2) is 4.98 Å². The third kappa shape index (κ3) is 4.67. The Hall–Kier alpha value is -1.62. The van der Waals surface area contributed by atoms with Gasteiger partial charge in [-0.15, -0.1) is 0 Å². The van der Waals surface area contributed by atoms with Gasteiger partial charge in [-0.2, -0.15) is 0 Å². The van der Waals surface area contributed by atoms with Crippen molar-refractivity contribution in [1.82, 2.24) is 15.2 Å². The molecule has 128 valence electrons. The van der Waals surface area contributed by atoms with Crippen molar-refractivity contribution in [2.45, 2.75) is 39.2 Å². The fourth-order valence-electron chi connectivity index (χ4n) is 3.05. The van der Waals surface area contributed by atoms with Gasteiger partial charge in [-0.1, -0.05) is 6.92 Å². The number of carbonyl (C=O) groups excluding carboxylic acids is 1. The summed E-state index contributed by atoms with van der Waals surface area (Å²) >= 11 is 0. The maximum atomic E-state index is 12.4. The van der Waals surface area contributed by atoms with Gasteiger partial charge in [0.15, 0.2) is 0 Å². The lowest BCUT2D eigenvalue weighted by atomic mass is 9.93. The van der Waals surface area contributed by atoms with E-state index in [1.165, 1.54) is 12.8 Å². The number of aromatic nitrogens is 1. The van der Waals surface area contributed by atoms with Crippen LogP contribution in [0.1, 0.15) is 44.0 Å². The highest BCUT2D eigenvalue weighted by molar-refractivity contribution is 5.94. The van der Waals surface area contributed by atoms with Crippen molar-refractivity contribution in [3.05, 3.63) is 23.9 Å². The maximum Gasteiger partial charge on any atom is 0.251 e. The minimum absolute atomic E-state index is 0.0260. The van der Waals surface area contributed by atoms with Crippen molar-refractivity contribution in [3.8, 4) is 0 Å². The second-order valence-electron chi connectivity index (χ2n) is 7.49. The topological polar surface area (TPSA) is 48.5 Å². The third-order valence-corrected chi connectivity index (χ3v) is 4.66. The predicted molar refractivity (Wildman–Crippen MR) is 94.9 cm³/mol. The van der Waals surface area contributed by atoms with E-state index in [1.807, 2.05) is 25.1 Å². The van der Waals surface area contributed by atoms with Crippen LogP contribution >= 0.6 is 0 Å². The summed E-state index contributed by atoms with van der Waals surface area (Å²) < 4.78 is 0. The molecule has 1 aliphatic rings. The molecule has 0 saturated carbocycles. The molecule has 1 amide bonds. The van der Waals surface area contributed by atoms with Gasteiger partial charge in [-0.3, -0.25) is 9.69 Å². The van der Waals surface area contributed by atoms with Crippen LogP contribution in [0.2, 0.25) is 0 Å². The first-order chi connectivity index (χ1) is 10.8. The molecule has 1 saturated heterocycles. The summed E-state index contributed by atoms with van der Waals surface area (Å²) in [6.07, 6.45) is 4.24. The Labute approximate surface area is 140 Å². The van der Waals surface area contributed by atoms with E-state index in [2.05, 4.69) is 36.0 Å². The zero-order valence-corrected chi connectivity index (χ0v) is 15.1. The number of hydrogen-bond acceptors (Lipinski definition) is 4. The van der Waals surface area contributed by atoms with E-state index in [0.29, 0.717) is 12.1 Å². The molecular weight excluding hydrogens is 288 g/mol. The molecule has 1 atom stereocenters. The molecule has 1 unspecified atom stereocenters. The number of rotatable bonds is 5. The molecule has 0 aliphatic carbocycles. The highest BCUT2D eigenvalue weighted by Crippen LogP contribution is 2.23. The Morgan fingerprint density at radius 3 is 2.87 bits per heavy atom. The van der Waals surface area contributed by atoms with Crippen LogP contribution in [0.4, 0.5) is 5.82 Å². The molecule has 1 aromatic rings. The minimum Gasteiger partial charge on any atom is -0.363 e. The standard InChI is InChI=1S/C18H30N4O/c1-14-7-6-10-22(12-14)18(2,3)13-20-17(23)15-8-9-19-16(11-15)21(4)5/h8-9,11,14H,6-7,10,12-13H2,1-5H3,(H,20,23). The smallest absolute Gasteiger partial charge is 0.251 e. The summed E-state index contributed by atoms with van der Waals surface area (Å²) in [5, 5.41) is 3.09. The van der Waals surface area contributed by atoms with Gasteiger partial charge in [0, 0.05) is 44.5 Å². The van der Waals surface area contributed by atoms with E-state index < -0.39 is 0 Å². The molecule has 0 radical (unpaired) electrons. The summed E-state index contributed by atoms with van der Waals surface area (Å²) in [5.41, 5.74) is 0.633. The maximum absolute atomic E-state index is 12.4. The van der Waals surface area contributed by atoms with Crippen molar-refractivity contribution < 1.29 is 4.79 Å². The zero-order chi connectivity index (χ0) is 17.0. The third-order valence-electron chi connectivity index (χ3n) is 4.66. The first kappa shape index (κ1) is 17.7. The summed E-state index contributed by atoms with van der Waals surface area (Å²) in [7, 11) is 3.84. The Morgan fingerprint density at radius 2 is 2.22 bits per heavy atom. The first-order valence-electron chi connectivity index (χ1n) is 8.46. The highest BCUT2D eigenvalue weighted by atomic mass is 16.1. The van der Waals surface area contributed by atoms with Crippen molar-refractivity contribution >= 4 is 11.7 Å². The fourth-order valence-corrected chi connectivity index (χ4v) is 3.05. The molecule has 1 fully saturated rings. The predicted octanol–water partition coefficient (Wildman–Crippen LogP) is 2.39. The van der Waals surface area contributed by atoms with Gasteiger partial charge in [0.2, 0.25) is 0 Å². The lowest BCUT2D eigenvalue weighted by molar-refractivity contribution is 0.0657. The van der Waals surface area contributed by atoms with Crippen molar-refractivity contribution in [2.24, 2.45) is 5.92 Å². The van der Waals surface area contributed by atoms with Crippen molar-refractivity contribution in [3.63, 3.8) is 0 Å². The molecule has 5 nitrogen and oxygen atoms in total. The molecule has 1 N–H and O–H groups in total. The monoisotopic (exact) mass is 318 g/mol. The molecule has 2 heterocycles. The van der Waals surface area contributed by atoms with Crippen molar-refractivity contribution in [1.29, 1.82) is 0 Å². The fraction of sp³-hybridized carbons (Fsp3) is 0.667. The summed E-state index contributed by atoms with van der Waals surface area (Å²) in [5.74, 6) is 1.50. The van der Waals surface area contributed by atoms with E-state index in [9.17, 15) is 4.79 Å². The molecule has 5 heteroatoms. The van der Waals surface area contributed by atoms with Gasteiger partial charge in [0.25, 0.3) is 5.91 Å². The number of anilines is 1. The van der Waals surface area contributed by atoms with Crippen LogP contribution in [0.5, 0.6) is 0 Å². The van der Waals surface area contributed by atoms with Crippen LogP contribution in [0.15, 0.2) is 18.3 Å². The normalized spacial score (nSPS) is 19.4. The molecule has 1 aromatic heterocycles. The molecule has 0 aromatic carbocycles. The number of likely N-dealkylation sites (tertiary alicyclic amines) is 1. The van der Waals surface area contributed by atoms with Crippen LogP contribution < -0.4 is 10.2 Å². The van der Waals surface area contributed by atoms with Gasteiger partial charge in [0.1, 0.15) is 5.82 Å². The number of hydrogen-bond donors (Lipinski definition) is 1. The Kier molecular flexibility index (Phi) is 5.63. The minimum atomic E-state index is -0.0337. The molecule has 0 bridgehead atoms. The lowest BCUT2D eigenvalue weighted by Crippen LogP contribution is -2.54. The van der Waals surface area contributed by atoms with Gasteiger partial charge >= 0.3 is 0 Å². The molecular formula is C18H30N4O. The quantitative estimate of drug-likeness (QED) is 0.905. The zero-order valence-electron chi connectivity index (χ0n) is 15.1. The van der Waals surface area contributed by atoms with Gasteiger partial charge in [-0.05, 0) is 51.3 Å².